The summed E-state index contributed by atoms with van der Waals surface area (Å²) in [4.78, 5) is 28.0. The molecule has 0 atom stereocenters. The molecule has 6 nitrogen and oxygen atoms in total. The number of amides is 2. The van der Waals surface area contributed by atoms with E-state index in [9.17, 15) is 14.7 Å². The number of ether oxygens (including phenoxy) is 2. The largest absolute Gasteiger partial charge is 0.495 e. The molecule has 7 heteroatoms. The van der Waals surface area contributed by atoms with Crippen molar-refractivity contribution in [2.75, 3.05) is 31.0 Å². The summed E-state index contributed by atoms with van der Waals surface area (Å²) >= 11 is 1.17. The van der Waals surface area contributed by atoms with E-state index < -0.39 is 11.8 Å². The molecule has 30 heavy (non-hydrogen) atoms. The highest BCUT2D eigenvalue weighted by Gasteiger charge is 2.41. The monoisotopic (exact) mass is 427 g/mol. The number of benzene rings is 2. The summed E-state index contributed by atoms with van der Waals surface area (Å²) in [7, 11) is 1.50. The zero-order valence-corrected chi connectivity index (χ0v) is 18.1. The summed E-state index contributed by atoms with van der Waals surface area (Å²) in [6, 6.07) is 14.1. The molecule has 0 aliphatic carbocycles. The van der Waals surface area contributed by atoms with Gasteiger partial charge in [0.25, 0.3) is 11.8 Å². The number of nitrogens with zero attached hydrogens (tertiary/aromatic N) is 1. The van der Waals surface area contributed by atoms with Crippen LogP contribution in [0.5, 0.6) is 11.5 Å². The SMILES string of the molecule is COc1ccccc1N1C(=O)C(SCCO)=C(c2ccc(OCC(C)C)cc2)C1=O. The summed E-state index contributed by atoms with van der Waals surface area (Å²) in [6.07, 6.45) is 0. The maximum Gasteiger partial charge on any atom is 0.272 e. The first-order valence-corrected chi connectivity index (χ1v) is 10.7. The molecule has 1 aliphatic rings. The van der Waals surface area contributed by atoms with Crippen molar-refractivity contribution in [2.24, 2.45) is 5.92 Å². The molecule has 0 saturated heterocycles. The normalized spacial score (nSPS) is 14.1. The molecule has 1 aliphatic heterocycles. The number of anilines is 1. The highest BCUT2D eigenvalue weighted by molar-refractivity contribution is 8.04. The number of carbonyl (C=O) groups excluding carboxylic acids is 2. The van der Waals surface area contributed by atoms with E-state index in [-0.39, 0.29) is 6.61 Å². The number of methoxy groups -OCH3 is 1. The van der Waals surface area contributed by atoms with Gasteiger partial charge in [-0.1, -0.05) is 38.1 Å². The van der Waals surface area contributed by atoms with Gasteiger partial charge in [-0.2, -0.15) is 0 Å². The van der Waals surface area contributed by atoms with Gasteiger partial charge in [-0.05, 0) is 35.7 Å². The Kier molecular flexibility index (Phi) is 7.18. The lowest BCUT2D eigenvalue weighted by Crippen LogP contribution is -2.31. The molecule has 1 N–H and O–H groups in total. The van der Waals surface area contributed by atoms with Gasteiger partial charge in [0.15, 0.2) is 0 Å². The molecule has 0 unspecified atom stereocenters. The first-order valence-electron chi connectivity index (χ1n) is 9.70. The Balaban J connectivity index is 1.98. The van der Waals surface area contributed by atoms with Crippen molar-refractivity contribution in [3.05, 3.63) is 59.0 Å². The lowest BCUT2D eigenvalue weighted by atomic mass is 10.1. The topological polar surface area (TPSA) is 76.1 Å². The molecule has 0 spiro atoms. The molecule has 2 amide bonds. The Bertz CT molecular complexity index is 952. The number of imide groups is 1. The van der Waals surface area contributed by atoms with E-state index in [1.54, 1.807) is 48.5 Å². The number of thioether (sulfide) groups is 1. The summed E-state index contributed by atoms with van der Waals surface area (Å²) in [5.41, 5.74) is 1.34. The first-order chi connectivity index (χ1) is 14.5. The van der Waals surface area contributed by atoms with Gasteiger partial charge in [0.2, 0.25) is 0 Å². The molecule has 0 aromatic heterocycles. The second kappa shape index (κ2) is 9.82. The Morgan fingerprint density at radius 3 is 2.37 bits per heavy atom. The Hall–Kier alpha value is -2.77. The van der Waals surface area contributed by atoms with Crippen LogP contribution < -0.4 is 14.4 Å². The van der Waals surface area contributed by atoms with Crippen LogP contribution in [-0.4, -0.2) is 43.0 Å². The van der Waals surface area contributed by atoms with Crippen LogP contribution in [0.4, 0.5) is 5.69 Å². The van der Waals surface area contributed by atoms with Crippen LogP contribution in [0.2, 0.25) is 0 Å². The van der Waals surface area contributed by atoms with Gasteiger partial charge < -0.3 is 14.6 Å². The number of rotatable bonds is 9. The standard InChI is InChI=1S/C23H25NO5S/c1-15(2)14-29-17-10-8-16(9-11-17)20-21(30-13-12-25)23(27)24(22(20)26)18-6-4-5-7-19(18)28-3/h4-11,15,25H,12-14H2,1-3H3. The zero-order chi connectivity index (χ0) is 21.7. The number of hydrogen-bond donors (Lipinski definition) is 1. The molecule has 0 saturated carbocycles. The van der Waals surface area contributed by atoms with Crippen molar-refractivity contribution in [1.29, 1.82) is 0 Å². The lowest BCUT2D eigenvalue weighted by Gasteiger charge is -2.18. The fraction of sp³-hybridized carbons (Fsp3) is 0.304. The third-order valence-corrected chi connectivity index (χ3v) is 5.49. The number of carbonyl (C=O) groups is 2. The minimum absolute atomic E-state index is 0.0977. The Morgan fingerprint density at radius 1 is 1.03 bits per heavy atom. The van der Waals surface area contributed by atoms with Crippen molar-refractivity contribution in [2.45, 2.75) is 13.8 Å². The third kappa shape index (κ3) is 4.52. The van der Waals surface area contributed by atoms with E-state index in [0.717, 1.165) is 4.90 Å². The second-order valence-electron chi connectivity index (χ2n) is 7.12. The van der Waals surface area contributed by atoms with Gasteiger partial charge in [-0.25, -0.2) is 4.90 Å². The minimum Gasteiger partial charge on any atom is -0.495 e. The van der Waals surface area contributed by atoms with E-state index in [1.807, 2.05) is 0 Å². The first kappa shape index (κ1) is 21.9. The molecular formula is C23H25NO5S. The molecule has 0 radical (unpaired) electrons. The van der Waals surface area contributed by atoms with Crippen LogP contribution in [0.25, 0.3) is 5.57 Å². The quantitative estimate of drug-likeness (QED) is 0.615. The molecule has 158 valence electrons. The van der Waals surface area contributed by atoms with Gasteiger partial charge in [0, 0.05) is 5.75 Å². The molecule has 1 heterocycles. The third-order valence-electron chi connectivity index (χ3n) is 4.43. The van der Waals surface area contributed by atoms with Crippen molar-refractivity contribution in [1.82, 2.24) is 0 Å². The van der Waals surface area contributed by atoms with E-state index in [2.05, 4.69) is 13.8 Å². The average Bonchev–Trinajstić information content (AvgIpc) is 3.00. The summed E-state index contributed by atoms with van der Waals surface area (Å²) in [5.74, 6) is 1.02. The fourth-order valence-electron chi connectivity index (χ4n) is 3.06. The maximum atomic E-state index is 13.3. The lowest BCUT2D eigenvalue weighted by molar-refractivity contribution is -0.119. The molecule has 2 aromatic carbocycles. The number of para-hydroxylation sites is 2. The molecule has 2 aromatic rings. The van der Waals surface area contributed by atoms with E-state index in [0.29, 0.717) is 51.5 Å². The van der Waals surface area contributed by atoms with Gasteiger partial charge in [-0.15, -0.1) is 11.8 Å². The number of hydrogen-bond acceptors (Lipinski definition) is 6. The number of aliphatic hydroxyl groups is 1. The average molecular weight is 428 g/mol. The number of aliphatic hydroxyl groups excluding tert-OH is 1. The molecular weight excluding hydrogens is 402 g/mol. The summed E-state index contributed by atoms with van der Waals surface area (Å²) in [5, 5.41) is 9.25. The summed E-state index contributed by atoms with van der Waals surface area (Å²) < 4.78 is 11.1. The smallest absolute Gasteiger partial charge is 0.272 e. The van der Waals surface area contributed by atoms with Crippen LogP contribution in [0, 0.1) is 5.92 Å². The van der Waals surface area contributed by atoms with Crippen molar-refractivity contribution in [3.8, 4) is 11.5 Å². The summed E-state index contributed by atoms with van der Waals surface area (Å²) in [6.45, 7) is 4.64. The van der Waals surface area contributed by atoms with Crippen molar-refractivity contribution < 1.29 is 24.2 Å². The van der Waals surface area contributed by atoms with E-state index in [1.165, 1.54) is 18.9 Å². The van der Waals surface area contributed by atoms with Gasteiger partial charge in [-0.3, -0.25) is 9.59 Å². The zero-order valence-electron chi connectivity index (χ0n) is 17.3. The second-order valence-corrected chi connectivity index (χ2v) is 8.23. The fourth-order valence-corrected chi connectivity index (χ4v) is 3.92. The highest BCUT2D eigenvalue weighted by atomic mass is 32.2. The van der Waals surface area contributed by atoms with E-state index in [4.69, 9.17) is 9.47 Å². The molecule has 3 rings (SSSR count). The van der Waals surface area contributed by atoms with Crippen LogP contribution in [0.1, 0.15) is 19.4 Å². The minimum atomic E-state index is -0.418. The predicted octanol–water partition coefficient (Wildman–Crippen LogP) is 3.74. The van der Waals surface area contributed by atoms with Gasteiger partial charge >= 0.3 is 0 Å². The molecule has 0 fully saturated rings. The van der Waals surface area contributed by atoms with Crippen LogP contribution in [0.3, 0.4) is 0 Å². The van der Waals surface area contributed by atoms with Gasteiger partial charge in [0.05, 0.1) is 36.5 Å². The Morgan fingerprint density at radius 2 is 1.73 bits per heavy atom. The van der Waals surface area contributed by atoms with Crippen LogP contribution >= 0.6 is 11.8 Å². The predicted molar refractivity (Wildman–Crippen MR) is 119 cm³/mol. The Labute approximate surface area is 180 Å². The van der Waals surface area contributed by atoms with Gasteiger partial charge in [0.1, 0.15) is 11.5 Å². The van der Waals surface area contributed by atoms with E-state index >= 15 is 0 Å². The van der Waals surface area contributed by atoms with Crippen LogP contribution in [0.15, 0.2) is 53.4 Å². The van der Waals surface area contributed by atoms with Crippen molar-refractivity contribution in [3.63, 3.8) is 0 Å². The highest BCUT2D eigenvalue weighted by Crippen LogP contribution is 2.41. The van der Waals surface area contributed by atoms with Crippen molar-refractivity contribution >= 4 is 34.8 Å². The molecule has 0 bridgehead atoms. The maximum absolute atomic E-state index is 13.3. The van der Waals surface area contributed by atoms with Crippen LogP contribution in [-0.2, 0) is 9.59 Å².